The standard InChI is InChI=1S/C16H16Cl2N2O3S/c1-24(22,23)20(12-6-3-2-4-7-12)11-10-15(21)19-14-9-5-8-13(17)16(14)18/h2-9H,10-11H2,1H3,(H,19,21). The van der Waals surface area contributed by atoms with Crippen LogP contribution in [0.4, 0.5) is 11.4 Å². The van der Waals surface area contributed by atoms with Gasteiger partial charge in [0, 0.05) is 13.0 Å². The first-order valence-electron chi connectivity index (χ1n) is 7.05. The molecule has 2 aromatic carbocycles. The van der Waals surface area contributed by atoms with Crippen molar-refractivity contribution in [2.75, 3.05) is 22.4 Å². The van der Waals surface area contributed by atoms with Crippen LogP contribution in [0.3, 0.4) is 0 Å². The highest BCUT2D eigenvalue weighted by atomic mass is 35.5. The van der Waals surface area contributed by atoms with Crippen LogP contribution in [0.15, 0.2) is 48.5 Å². The first-order valence-corrected chi connectivity index (χ1v) is 9.66. The van der Waals surface area contributed by atoms with Gasteiger partial charge in [0.2, 0.25) is 15.9 Å². The molecular weight excluding hydrogens is 371 g/mol. The Kier molecular flexibility index (Phi) is 6.10. The maximum absolute atomic E-state index is 12.1. The molecule has 0 aliphatic heterocycles. The fraction of sp³-hybridized carbons (Fsp3) is 0.188. The highest BCUT2D eigenvalue weighted by Gasteiger charge is 2.18. The summed E-state index contributed by atoms with van der Waals surface area (Å²) in [7, 11) is -3.50. The van der Waals surface area contributed by atoms with E-state index >= 15 is 0 Å². The minimum Gasteiger partial charge on any atom is -0.325 e. The summed E-state index contributed by atoms with van der Waals surface area (Å²) in [5, 5.41) is 3.21. The molecule has 128 valence electrons. The normalized spacial score (nSPS) is 11.1. The van der Waals surface area contributed by atoms with Crippen LogP contribution in [-0.4, -0.2) is 27.1 Å². The van der Waals surface area contributed by atoms with Gasteiger partial charge in [-0.2, -0.15) is 0 Å². The van der Waals surface area contributed by atoms with Crippen LogP contribution in [0.1, 0.15) is 6.42 Å². The predicted molar refractivity (Wildman–Crippen MR) is 98.3 cm³/mol. The minimum atomic E-state index is -3.50. The molecule has 2 aromatic rings. The summed E-state index contributed by atoms with van der Waals surface area (Å²) < 4.78 is 25.1. The second-order valence-corrected chi connectivity index (χ2v) is 7.76. The van der Waals surface area contributed by atoms with Gasteiger partial charge < -0.3 is 5.32 Å². The van der Waals surface area contributed by atoms with Gasteiger partial charge in [0.1, 0.15) is 0 Å². The molecule has 0 heterocycles. The van der Waals surface area contributed by atoms with Gasteiger partial charge in [-0.3, -0.25) is 9.10 Å². The van der Waals surface area contributed by atoms with Crippen LogP contribution < -0.4 is 9.62 Å². The fourth-order valence-electron chi connectivity index (χ4n) is 2.10. The zero-order chi connectivity index (χ0) is 17.7. The Labute approximate surface area is 151 Å². The van der Waals surface area contributed by atoms with Gasteiger partial charge in [-0.1, -0.05) is 47.5 Å². The Hall–Kier alpha value is -1.76. The van der Waals surface area contributed by atoms with Crippen molar-refractivity contribution >= 4 is 50.5 Å². The van der Waals surface area contributed by atoms with E-state index < -0.39 is 10.0 Å². The van der Waals surface area contributed by atoms with E-state index in [1.165, 1.54) is 4.31 Å². The number of nitrogens with zero attached hydrogens (tertiary/aromatic N) is 1. The Morgan fingerprint density at radius 2 is 1.75 bits per heavy atom. The van der Waals surface area contributed by atoms with Crippen LogP contribution in [-0.2, 0) is 14.8 Å². The van der Waals surface area contributed by atoms with Crippen molar-refractivity contribution in [1.82, 2.24) is 0 Å². The van der Waals surface area contributed by atoms with E-state index in [4.69, 9.17) is 23.2 Å². The molecule has 0 aliphatic carbocycles. The largest absolute Gasteiger partial charge is 0.325 e. The van der Waals surface area contributed by atoms with Gasteiger partial charge in [-0.25, -0.2) is 8.42 Å². The summed E-state index contributed by atoms with van der Waals surface area (Å²) in [5.41, 5.74) is 0.897. The first-order chi connectivity index (χ1) is 11.3. The zero-order valence-corrected chi connectivity index (χ0v) is 15.2. The second-order valence-electron chi connectivity index (χ2n) is 5.07. The van der Waals surface area contributed by atoms with Gasteiger partial charge in [-0.15, -0.1) is 0 Å². The molecule has 5 nitrogen and oxygen atoms in total. The smallest absolute Gasteiger partial charge is 0.232 e. The molecule has 0 saturated heterocycles. The average Bonchev–Trinajstić information content (AvgIpc) is 2.52. The van der Waals surface area contributed by atoms with Gasteiger partial charge in [0.15, 0.2) is 0 Å². The lowest BCUT2D eigenvalue weighted by Crippen LogP contribution is -2.33. The molecular formula is C16H16Cl2N2O3S. The molecule has 8 heteroatoms. The summed E-state index contributed by atoms with van der Waals surface area (Å²) in [6, 6.07) is 13.5. The number of carbonyl (C=O) groups is 1. The lowest BCUT2D eigenvalue weighted by Gasteiger charge is -2.22. The van der Waals surface area contributed by atoms with Crippen LogP contribution >= 0.6 is 23.2 Å². The van der Waals surface area contributed by atoms with Gasteiger partial charge in [0.05, 0.1) is 27.7 Å². The van der Waals surface area contributed by atoms with E-state index in [1.807, 2.05) is 0 Å². The summed E-state index contributed by atoms with van der Waals surface area (Å²) in [6.45, 7) is 0.0207. The van der Waals surface area contributed by atoms with E-state index in [0.717, 1.165) is 6.26 Å². The third-order valence-electron chi connectivity index (χ3n) is 3.21. The predicted octanol–water partition coefficient (Wildman–Crippen LogP) is 3.79. The number of amides is 1. The average molecular weight is 387 g/mol. The van der Waals surface area contributed by atoms with Gasteiger partial charge in [-0.05, 0) is 24.3 Å². The van der Waals surface area contributed by atoms with Crippen LogP contribution in [0.25, 0.3) is 0 Å². The number of hydrogen-bond acceptors (Lipinski definition) is 3. The Morgan fingerprint density at radius 3 is 2.38 bits per heavy atom. The van der Waals surface area contributed by atoms with Crippen LogP contribution in [0, 0.1) is 0 Å². The molecule has 1 N–H and O–H groups in total. The summed E-state index contributed by atoms with van der Waals surface area (Å²) in [5.74, 6) is -0.358. The number of rotatable bonds is 6. The molecule has 0 radical (unpaired) electrons. The molecule has 0 aromatic heterocycles. The van der Waals surface area contributed by atoms with Gasteiger partial charge in [0.25, 0.3) is 0 Å². The number of benzene rings is 2. The molecule has 2 rings (SSSR count). The monoisotopic (exact) mass is 386 g/mol. The first kappa shape index (κ1) is 18.6. The number of para-hydroxylation sites is 1. The molecule has 1 amide bonds. The minimum absolute atomic E-state index is 0.0207. The lowest BCUT2D eigenvalue weighted by atomic mass is 10.3. The molecule has 0 atom stereocenters. The van der Waals surface area contributed by atoms with Crippen molar-refractivity contribution in [2.24, 2.45) is 0 Å². The maximum Gasteiger partial charge on any atom is 0.232 e. The zero-order valence-electron chi connectivity index (χ0n) is 12.9. The topological polar surface area (TPSA) is 66.5 Å². The summed E-state index contributed by atoms with van der Waals surface area (Å²) in [6.07, 6.45) is 1.08. The number of sulfonamides is 1. The molecule has 0 bridgehead atoms. The number of hydrogen-bond donors (Lipinski definition) is 1. The van der Waals surface area contributed by atoms with Gasteiger partial charge >= 0.3 is 0 Å². The van der Waals surface area contributed by atoms with Crippen molar-refractivity contribution in [3.8, 4) is 0 Å². The van der Waals surface area contributed by atoms with E-state index in [-0.39, 0.29) is 23.9 Å². The third kappa shape index (κ3) is 4.87. The molecule has 0 fully saturated rings. The Bertz CT molecular complexity index is 826. The SMILES string of the molecule is CS(=O)(=O)N(CCC(=O)Nc1cccc(Cl)c1Cl)c1ccccc1. The van der Waals surface area contributed by atoms with E-state index in [2.05, 4.69) is 5.32 Å². The fourth-order valence-corrected chi connectivity index (χ4v) is 3.37. The quantitative estimate of drug-likeness (QED) is 0.820. The lowest BCUT2D eigenvalue weighted by molar-refractivity contribution is -0.116. The Morgan fingerprint density at radius 1 is 1.08 bits per heavy atom. The van der Waals surface area contributed by atoms with E-state index in [9.17, 15) is 13.2 Å². The molecule has 0 saturated carbocycles. The number of nitrogens with one attached hydrogen (secondary N) is 1. The number of carbonyl (C=O) groups excluding carboxylic acids is 1. The summed E-state index contributed by atoms with van der Waals surface area (Å²) >= 11 is 11.9. The Balaban J connectivity index is 2.07. The number of anilines is 2. The maximum atomic E-state index is 12.1. The van der Waals surface area contributed by atoms with Crippen molar-refractivity contribution in [3.63, 3.8) is 0 Å². The highest BCUT2D eigenvalue weighted by Crippen LogP contribution is 2.29. The van der Waals surface area contributed by atoms with Crippen molar-refractivity contribution in [1.29, 1.82) is 0 Å². The molecule has 0 aliphatic rings. The number of halogens is 2. The van der Waals surface area contributed by atoms with Crippen LogP contribution in [0.5, 0.6) is 0 Å². The molecule has 0 unspecified atom stereocenters. The van der Waals surface area contributed by atoms with Crippen LogP contribution in [0.2, 0.25) is 10.0 Å². The highest BCUT2D eigenvalue weighted by molar-refractivity contribution is 7.92. The molecule has 24 heavy (non-hydrogen) atoms. The van der Waals surface area contributed by atoms with E-state index in [0.29, 0.717) is 16.4 Å². The third-order valence-corrected chi connectivity index (χ3v) is 5.23. The van der Waals surface area contributed by atoms with Crippen molar-refractivity contribution in [2.45, 2.75) is 6.42 Å². The summed E-state index contributed by atoms with van der Waals surface area (Å²) in [4.78, 5) is 12.1. The van der Waals surface area contributed by atoms with Crippen molar-refractivity contribution in [3.05, 3.63) is 58.6 Å². The van der Waals surface area contributed by atoms with E-state index in [1.54, 1.807) is 48.5 Å². The van der Waals surface area contributed by atoms with Crippen molar-refractivity contribution < 1.29 is 13.2 Å². The molecule has 0 spiro atoms. The second kappa shape index (κ2) is 7.88.